The summed E-state index contributed by atoms with van der Waals surface area (Å²) in [5, 5.41) is 12.3. The van der Waals surface area contributed by atoms with Crippen LogP contribution in [0.4, 0.5) is 5.13 Å². The molecule has 128 valence electrons. The number of hydrogen-bond acceptors (Lipinski definition) is 5. The topological polar surface area (TPSA) is 64.1 Å². The first-order valence-corrected chi connectivity index (χ1v) is 8.85. The van der Waals surface area contributed by atoms with E-state index in [1.165, 1.54) is 11.3 Å². The van der Waals surface area contributed by atoms with Crippen molar-refractivity contribution in [3.05, 3.63) is 70.7 Å². The largest absolute Gasteiger partial charge is 0.489 e. The molecule has 1 aromatic heterocycles. The molecule has 0 radical (unpaired) electrons. The van der Waals surface area contributed by atoms with Gasteiger partial charge in [-0.3, -0.25) is 10.1 Å². The summed E-state index contributed by atoms with van der Waals surface area (Å²) in [6, 6.07) is 17.0. The first kappa shape index (κ1) is 17.1. The molecule has 0 aliphatic rings. The van der Waals surface area contributed by atoms with Crippen molar-refractivity contribution in [3.8, 4) is 5.75 Å². The third-order valence-electron chi connectivity index (χ3n) is 3.50. The molecule has 6 heteroatoms. The van der Waals surface area contributed by atoms with Gasteiger partial charge in [0, 0.05) is 11.5 Å². The van der Waals surface area contributed by atoms with Crippen LogP contribution in [0.2, 0.25) is 0 Å². The van der Waals surface area contributed by atoms with Crippen molar-refractivity contribution in [2.24, 2.45) is 0 Å². The minimum atomic E-state index is -0.225. The molecule has 0 atom stereocenters. The summed E-state index contributed by atoms with van der Waals surface area (Å²) in [6.07, 6.45) is 0. The van der Waals surface area contributed by atoms with Gasteiger partial charge in [-0.15, -0.1) is 10.2 Å². The second kappa shape index (κ2) is 7.90. The van der Waals surface area contributed by atoms with E-state index in [1.807, 2.05) is 50.2 Å². The number of aromatic nitrogens is 2. The van der Waals surface area contributed by atoms with Crippen molar-refractivity contribution in [2.45, 2.75) is 26.4 Å². The van der Waals surface area contributed by atoms with Gasteiger partial charge in [0.05, 0.1) is 0 Å². The normalized spacial score (nSPS) is 10.7. The number of nitrogens with zero attached hydrogens (tertiary/aromatic N) is 2. The molecule has 3 aromatic rings. The molecule has 25 heavy (non-hydrogen) atoms. The van der Waals surface area contributed by atoms with Crippen molar-refractivity contribution >= 4 is 22.4 Å². The van der Waals surface area contributed by atoms with Crippen LogP contribution in [0.5, 0.6) is 5.75 Å². The van der Waals surface area contributed by atoms with Crippen molar-refractivity contribution < 1.29 is 9.53 Å². The lowest BCUT2D eigenvalue weighted by Crippen LogP contribution is -2.11. The Morgan fingerprint density at radius 1 is 1.12 bits per heavy atom. The molecule has 0 aliphatic heterocycles. The van der Waals surface area contributed by atoms with Gasteiger partial charge in [0.2, 0.25) is 5.13 Å². The average Bonchev–Trinajstić information content (AvgIpc) is 3.10. The van der Waals surface area contributed by atoms with Crippen molar-refractivity contribution in [1.82, 2.24) is 10.2 Å². The Morgan fingerprint density at radius 3 is 2.64 bits per heavy atom. The smallest absolute Gasteiger partial charge is 0.257 e. The van der Waals surface area contributed by atoms with Gasteiger partial charge in [-0.05, 0) is 23.8 Å². The molecule has 1 amide bonds. The minimum absolute atomic E-state index is 0.225. The summed E-state index contributed by atoms with van der Waals surface area (Å²) in [5.41, 5.74) is 1.60. The molecular weight excluding hydrogens is 334 g/mol. The van der Waals surface area contributed by atoms with Gasteiger partial charge in [-0.25, -0.2) is 0 Å². The number of carbonyl (C=O) groups excluding carboxylic acids is 1. The van der Waals surface area contributed by atoms with Crippen LogP contribution in [0.1, 0.15) is 40.7 Å². The van der Waals surface area contributed by atoms with E-state index in [0.717, 1.165) is 10.6 Å². The Bertz CT molecular complexity index is 847. The fourth-order valence-corrected chi connectivity index (χ4v) is 2.90. The molecule has 5 nitrogen and oxygen atoms in total. The quantitative estimate of drug-likeness (QED) is 0.709. The third-order valence-corrected chi connectivity index (χ3v) is 4.64. The van der Waals surface area contributed by atoms with Crippen LogP contribution in [-0.2, 0) is 6.61 Å². The highest BCUT2D eigenvalue weighted by Crippen LogP contribution is 2.23. The zero-order valence-electron chi connectivity index (χ0n) is 14.1. The highest BCUT2D eigenvalue weighted by Gasteiger charge is 2.12. The first-order valence-electron chi connectivity index (χ1n) is 8.03. The van der Waals surface area contributed by atoms with Crippen LogP contribution < -0.4 is 10.1 Å². The lowest BCUT2D eigenvalue weighted by Gasteiger charge is -2.08. The molecule has 0 saturated heterocycles. The monoisotopic (exact) mass is 353 g/mol. The maximum absolute atomic E-state index is 12.4. The summed E-state index contributed by atoms with van der Waals surface area (Å²) in [5.74, 6) is 0.714. The Labute approximate surface area is 150 Å². The van der Waals surface area contributed by atoms with Crippen molar-refractivity contribution in [2.75, 3.05) is 5.32 Å². The van der Waals surface area contributed by atoms with E-state index in [-0.39, 0.29) is 11.8 Å². The van der Waals surface area contributed by atoms with Crippen LogP contribution >= 0.6 is 11.3 Å². The number of benzene rings is 2. The van der Waals surface area contributed by atoms with E-state index in [9.17, 15) is 4.79 Å². The summed E-state index contributed by atoms with van der Waals surface area (Å²) in [6.45, 7) is 4.54. The molecule has 1 heterocycles. The maximum Gasteiger partial charge on any atom is 0.257 e. The van der Waals surface area contributed by atoms with Gasteiger partial charge in [0.15, 0.2) is 0 Å². The molecule has 1 N–H and O–H groups in total. The summed E-state index contributed by atoms with van der Waals surface area (Å²) in [7, 11) is 0. The van der Waals surface area contributed by atoms with E-state index < -0.39 is 0 Å². The third kappa shape index (κ3) is 4.64. The lowest BCUT2D eigenvalue weighted by atomic mass is 10.2. The summed E-state index contributed by atoms with van der Waals surface area (Å²) >= 11 is 1.39. The van der Waals surface area contributed by atoms with Gasteiger partial charge >= 0.3 is 0 Å². The predicted molar refractivity (Wildman–Crippen MR) is 99.2 cm³/mol. The standard InChI is InChI=1S/C19H19N3O2S/c1-13(2)18-21-22-19(25-18)20-17(23)15-9-6-10-16(11-15)24-12-14-7-4-3-5-8-14/h3-11,13H,12H2,1-2H3,(H,20,22,23). The summed E-state index contributed by atoms with van der Waals surface area (Å²) in [4.78, 5) is 12.4. The lowest BCUT2D eigenvalue weighted by molar-refractivity contribution is 0.102. The Balaban J connectivity index is 1.64. The van der Waals surface area contributed by atoms with Crippen molar-refractivity contribution in [3.63, 3.8) is 0 Å². The SMILES string of the molecule is CC(C)c1nnc(NC(=O)c2cccc(OCc3ccccc3)c2)s1. The van der Waals surface area contributed by atoms with Crippen LogP contribution in [0.25, 0.3) is 0 Å². The minimum Gasteiger partial charge on any atom is -0.489 e. The number of hydrogen-bond donors (Lipinski definition) is 1. The molecule has 0 spiro atoms. The molecule has 0 unspecified atom stereocenters. The Morgan fingerprint density at radius 2 is 1.92 bits per heavy atom. The fraction of sp³-hybridized carbons (Fsp3) is 0.211. The Kier molecular flexibility index (Phi) is 5.40. The van der Waals surface area contributed by atoms with Crippen molar-refractivity contribution in [1.29, 1.82) is 0 Å². The average molecular weight is 353 g/mol. The van der Waals surface area contributed by atoms with Gasteiger partial charge in [0.25, 0.3) is 5.91 Å². The maximum atomic E-state index is 12.4. The second-order valence-corrected chi connectivity index (χ2v) is 6.87. The number of ether oxygens (including phenoxy) is 1. The zero-order chi connectivity index (χ0) is 17.6. The first-order chi connectivity index (χ1) is 12.1. The number of anilines is 1. The molecule has 0 aliphatic carbocycles. The van der Waals surface area contributed by atoms with E-state index in [0.29, 0.717) is 23.1 Å². The van der Waals surface area contributed by atoms with E-state index in [4.69, 9.17) is 4.74 Å². The van der Waals surface area contributed by atoms with E-state index in [1.54, 1.807) is 18.2 Å². The zero-order valence-corrected chi connectivity index (χ0v) is 14.9. The summed E-state index contributed by atoms with van der Waals surface area (Å²) < 4.78 is 5.76. The molecule has 0 bridgehead atoms. The van der Waals surface area contributed by atoms with Crippen LogP contribution in [-0.4, -0.2) is 16.1 Å². The van der Waals surface area contributed by atoms with E-state index in [2.05, 4.69) is 15.5 Å². The predicted octanol–water partition coefficient (Wildman–Crippen LogP) is 4.49. The van der Waals surface area contributed by atoms with E-state index >= 15 is 0 Å². The molecular formula is C19H19N3O2S. The fourth-order valence-electron chi connectivity index (χ4n) is 2.16. The van der Waals surface area contributed by atoms with Crippen LogP contribution in [0.15, 0.2) is 54.6 Å². The number of nitrogens with one attached hydrogen (secondary N) is 1. The van der Waals surface area contributed by atoms with Gasteiger partial charge in [-0.2, -0.15) is 0 Å². The van der Waals surface area contributed by atoms with Gasteiger partial charge in [-0.1, -0.05) is 61.6 Å². The highest BCUT2D eigenvalue weighted by molar-refractivity contribution is 7.15. The highest BCUT2D eigenvalue weighted by atomic mass is 32.1. The molecule has 0 fully saturated rings. The van der Waals surface area contributed by atoms with Crippen LogP contribution in [0, 0.1) is 0 Å². The molecule has 2 aromatic carbocycles. The molecule has 0 saturated carbocycles. The van der Waals surface area contributed by atoms with Gasteiger partial charge in [0.1, 0.15) is 17.4 Å². The molecule has 3 rings (SSSR count). The van der Waals surface area contributed by atoms with Crippen LogP contribution in [0.3, 0.4) is 0 Å². The number of rotatable bonds is 6. The van der Waals surface area contributed by atoms with Gasteiger partial charge < -0.3 is 4.74 Å². The number of amides is 1. The second-order valence-electron chi connectivity index (χ2n) is 5.86. The number of carbonyl (C=O) groups is 1. The Hall–Kier alpha value is -2.73.